The van der Waals surface area contributed by atoms with Crippen LogP contribution >= 0.6 is 27.3 Å². The van der Waals surface area contributed by atoms with Crippen molar-refractivity contribution in [2.75, 3.05) is 21.3 Å². The van der Waals surface area contributed by atoms with Gasteiger partial charge in [-0.05, 0) is 41.2 Å². The first-order valence-electron chi connectivity index (χ1n) is 5.82. The largest absolute Gasteiger partial charge is 0.497 e. The van der Waals surface area contributed by atoms with Crippen molar-refractivity contribution in [3.63, 3.8) is 0 Å². The van der Waals surface area contributed by atoms with Crippen LogP contribution in [0.25, 0.3) is 0 Å². The van der Waals surface area contributed by atoms with Crippen molar-refractivity contribution in [2.24, 2.45) is 0 Å². The van der Waals surface area contributed by atoms with Gasteiger partial charge in [-0.15, -0.1) is 11.3 Å². The maximum atomic E-state index is 5.47. The van der Waals surface area contributed by atoms with E-state index in [-0.39, 0.29) is 6.04 Å². The van der Waals surface area contributed by atoms with Gasteiger partial charge in [0.2, 0.25) is 0 Å². The van der Waals surface area contributed by atoms with Crippen molar-refractivity contribution < 1.29 is 9.47 Å². The van der Waals surface area contributed by atoms with Gasteiger partial charge in [0.25, 0.3) is 0 Å². The molecule has 102 valence electrons. The van der Waals surface area contributed by atoms with Crippen molar-refractivity contribution in [1.82, 2.24) is 5.32 Å². The predicted molar refractivity (Wildman–Crippen MR) is 82.5 cm³/mol. The number of benzene rings is 1. The summed E-state index contributed by atoms with van der Waals surface area (Å²) in [5.41, 5.74) is 1.10. The lowest BCUT2D eigenvalue weighted by atomic mass is 10.0. The summed E-state index contributed by atoms with van der Waals surface area (Å²) in [5.74, 6) is 1.62. The molecule has 1 aromatic carbocycles. The first-order valence-corrected chi connectivity index (χ1v) is 7.50. The van der Waals surface area contributed by atoms with Crippen molar-refractivity contribution >= 4 is 27.3 Å². The van der Waals surface area contributed by atoms with Gasteiger partial charge in [-0.25, -0.2) is 0 Å². The number of methoxy groups -OCH3 is 2. The van der Waals surface area contributed by atoms with Crippen molar-refractivity contribution in [2.45, 2.75) is 6.04 Å². The number of halogens is 1. The van der Waals surface area contributed by atoms with E-state index in [1.165, 1.54) is 4.88 Å². The van der Waals surface area contributed by atoms with Crippen LogP contribution in [0, 0.1) is 0 Å². The molecule has 0 aliphatic rings. The normalized spacial score (nSPS) is 12.2. The number of ether oxygens (including phenoxy) is 2. The minimum Gasteiger partial charge on any atom is -0.497 e. The summed E-state index contributed by atoms with van der Waals surface area (Å²) in [6.45, 7) is 0. The second-order valence-electron chi connectivity index (χ2n) is 4.00. The lowest BCUT2D eigenvalue weighted by Gasteiger charge is -2.18. The molecule has 0 saturated carbocycles. The zero-order chi connectivity index (χ0) is 13.8. The fourth-order valence-corrected chi connectivity index (χ4v) is 3.56. The molecule has 2 aromatic rings. The Bertz CT molecular complexity index is 556. The third-order valence-electron chi connectivity index (χ3n) is 2.91. The van der Waals surface area contributed by atoms with Gasteiger partial charge in [-0.1, -0.05) is 0 Å². The maximum absolute atomic E-state index is 5.47. The molecule has 0 bridgehead atoms. The smallest absolute Gasteiger partial charge is 0.127 e. The number of hydrogen-bond acceptors (Lipinski definition) is 4. The van der Waals surface area contributed by atoms with Crippen LogP contribution in [0.2, 0.25) is 0 Å². The molecule has 0 amide bonds. The van der Waals surface area contributed by atoms with E-state index in [0.29, 0.717) is 0 Å². The van der Waals surface area contributed by atoms with E-state index in [2.05, 4.69) is 32.7 Å². The molecule has 1 aromatic heterocycles. The summed E-state index contributed by atoms with van der Waals surface area (Å²) in [7, 11) is 5.28. The van der Waals surface area contributed by atoms with E-state index in [1.807, 2.05) is 25.2 Å². The average molecular weight is 342 g/mol. The fourth-order valence-electron chi connectivity index (χ4n) is 1.99. The molecule has 3 nitrogen and oxygen atoms in total. The lowest BCUT2D eigenvalue weighted by molar-refractivity contribution is 0.388. The third-order valence-corrected chi connectivity index (χ3v) is 4.67. The molecular weight excluding hydrogens is 326 g/mol. The summed E-state index contributed by atoms with van der Waals surface area (Å²) in [6, 6.07) is 8.12. The van der Waals surface area contributed by atoms with Crippen LogP contribution in [0.1, 0.15) is 16.5 Å². The second-order valence-corrected chi connectivity index (χ2v) is 5.86. The molecule has 5 heteroatoms. The van der Waals surface area contributed by atoms with E-state index < -0.39 is 0 Å². The highest BCUT2D eigenvalue weighted by atomic mass is 79.9. The summed E-state index contributed by atoms with van der Waals surface area (Å²) >= 11 is 5.20. The van der Waals surface area contributed by atoms with Gasteiger partial charge in [-0.3, -0.25) is 0 Å². The first kappa shape index (κ1) is 14.4. The number of nitrogens with one attached hydrogen (secondary N) is 1. The molecule has 0 radical (unpaired) electrons. The van der Waals surface area contributed by atoms with E-state index >= 15 is 0 Å². The molecule has 0 saturated heterocycles. The number of thiophene rings is 1. The predicted octanol–water partition coefficient (Wildman–Crippen LogP) is 3.84. The highest BCUT2D eigenvalue weighted by Gasteiger charge is 2.18. The SMILES string of the molecule is CNC(c1cc(Br)cs1)c1ccc(OC)cc1OC. The van der Waals surface area contributed by atoms with Gasteiger partial charge in [-0.2, -0.15) is 0 Å². The molecule has 1 heterocycles. The van der Waals surface area contributed by atoms with E-state index in [1.54, 1.807) is 25.6 Å². The van der Waals surface area contributed by atoms with Gasteiger partial charge < -0.3 is 14.8 Å². The topological polar surface area (TPSA) is 30.5 Å². The molecule has 0 spiro atoms. The lowest BCUT2D eigenvalue weighted by Crippen LogP contribution is -2.17. The zero-order valence-corrected chi connectivity index (χ0v) is 13.5. The zero-order valence-electron chi connectivity index (χ0n) is 11.1. The molecule has 0 aliphatic carbocycles. The molecule has 1 N–H and O–H groups in total. The minimum absolute atomic E-state index is 0.108. The Morgan fingerprint density at radius 1 is 1.21 bits per heavy atom. The van der Waals surface area contributed by atoms with Crippen LogP contribution in [0.4, 0.5) is 0 Å². The highest BCUT2D eigenvalue weighted by Crippen LogP contribution is 2.36. The summed E-state index contributed by atoms with van der Waals surface area (Å²) in [6.07, 6.45) is 0. The number of hydrogen-bond donors (Lipinski definition) is 1. The minimum atomic E-state index is 0.108. The molecule has 19 heavy (non-hydrogen) atoms. The average Bonchev–Trinajstić information content (AvgIpc) is 2.86. The van der Waals surface area contributed by atoms with Crippen LogP contribution < -0.4 is 14.8 Å². The Hall–Kier alpha value is -1.04. The summed E-state index contributed by atoms with van der Waals surface area (Å²) in [4.78, 5) is 1.23. The van der Waals surface area contributed by atoms with Gasteiger partial charge >= 0.3 is 0 Å². The Labute approximate surface area is 125 Å². The van der Waals surface area contributed by atoms with E-state index in [4.69, 9.17) is 9.47 Å². The molecule has 0 aliphatic heterocycles. The quantitative estimate of drug-likeness (QED) is 0.896. The Kier molecular flexibility index (Phi) is 4.85. The van der Waals surface area contributed by atoms with Gasteiger partial charge in [0.05, 0.1) is 20.3 Å². The van der Waals surface area contributed by atoms with Crippen LogP contribution in [-0.4, -0.2) is 21.3 Å². The molecule has 1 atom stereocenters. The molecular formula is C14H16BrNO2S. The Balaban J connectivity index is 2.43. The summed E-state index contributed by atoms with van der Waals surface area (Å²) in [5, 5.41) is 5.41. The highest BCUT2D eigenvalue weighted by molar-refractivity contribution is 9.10. The third kappa shape index (κ3) is 3.11. The summed E-state index contributed by atoms with van der Waals surface area (Å²) < 4.78 is 11.8. The monoisotopic (exact) mass is 341 g/mol. The van der Waals surface area contributed by atoms with Crippen LogP contribution in [-0.2, 0) is 0 Å². The Morgan fingerprint density at radius 2 is 2.00 bits per heavy atom. The van der Waals surface area contributed by atoms with Crippen LogP contribution in [0.15, 0.2) is 34.1 Å². The van der Waals surface area contributed by atoms with Gasteiger partial charge in [0, 0.05) is 26.4 Å². The molecule has 0 fully saturated rings. The molecule has 2 rings (SSSR count). The van der Waals surface area contributed by atoms with Gasteiger partial charge in [0.15, 0.2) is 0 Å². The first-order chi connectivity index (χ1) is 9.19. The fraction of sp³-hybridized carbons (Fsp3) is 0.286. The van der Waals surface area contributed by atoms with E-state index in [9.17, 15) is 0 Å². The Morgan fingerprint density at radius 3 is 2.53 bits per heavy atom. The number of rotatable bonds is 5. The maximum Gasteiger partial charge on any atom is 0.127 e. The van der Waals surface area contributed by atoms with Crippen molar-refractivity contribution in [1.29, 1.82) is 0 Å². The van der Waals surface area contributed by atoms with Crippen molar-refractivity contribution in [3.05, 3.63) is 44.6 Å². The van der Waals surface area contributed by atoms with Crippen LogP contribution in [0.3, 0.4) is 0 Å². The van der Waals surface area contributed by atoms with Crippen LogP contribution in [0.5, 0.6) is 11.5 Å². The standard InChI is InChI=1S/C14H16BrNO2S/c1-16-14(13-6-9(15)8-19-13)11-5-4-10(17-2)7-12(11)18-3/h4-8,14,16H,1-3H3. The van der Waals surface area contributed by atoms with Gasteiger partial charge in [0.1, 0.15) is 11.5 Å². The second kappa shape index (κ2) is 6.41. The van der Waals surface area contributed by atoms with E-state index in [0.717, 1.165) is 21.5 Å². The molecule has 1 unspecified atom stereocenters. The van der Waals surface area contributed by atoms with Crippen molar-refractivity contribution in [3.8, 4) is 11.5 Å².